The van der Waals surface area contributed by atoms with Gasteiger partial charge in [-0.25, -0.2) is 4.39 Å². The third-order valence-corrected chi connectivity index (χ3v) is 1.50. The van der Waals surface area contributed by atoms with Crippen molar-refractivity contribution >= 4 is 0 Å². The Balaban J connectivity index is 3.22. The van der Waals surface area contributed by atoms with Crippen molar-refractivity contribution in [2.24, 2.45) is 0 Å². The fraction of sp³-hybridized carbons (Fsp3) is 0.222. The smallest absolute Gasteiger partial charge is 0.167 e. The van der Waals surface area contributed by atoms with Gasteiger partial charge in [0.15, 0.2) is 5.60 Å². The number of hydrogen-bond donors (Lipinski definition) is 1. The van der Waals surface area contributed by atoms with Crippen molar-refractivity contribution in [1.82, 2.24) is 4.98 Å². The van der Waals surface area contributed by atoms with Gasteiger partial charge in [0.1, 0.15) is 11.5 Å². The molecule has 1 aromatic heterocycles. The quantitative estimate of drug-likeness (QED) is 0.631. The van der Waals surface area contributed by atoms with Gasteiger partial charge < -0.3 is 5.11 Å². The number of rotatable bonds is 1. The summed E-state index contributed by atoms with van der Waals surface area (Å²) in [5, 5.41) is 9.44. The highest BCUT2D eigenvalue weighted by Crippen LogP contribution is 2.19. The van der Waals surface area contributed by atoms with Crippen LogP contribution in [0.3, 0.4) is 0 Å². The minimum atomic E-state index is -1.63. The summed E-state index contributed by atoms with van der Waals surface area (Å²) in [6.07, 6.45) is 6.38. The van der Waals surface area contributed by atoms with Crippen LogP contribution in [-0.4, -0.2) is 10.1 Å². The van der Waals surface area contributed by atoms with Crippen molar-refractivity contribution in [2.45, 2.75) is 12.5 Å². The predicted molar refractivity (Wildman–Crippen MR) is 42.6 cm³/mol. The Labute approximate surface area is 70.1 Å². The zero-order valence-electron chi connectivity index (χ0n) is 6.58. The summed E-state index contributed by atoms with van der Waals surface area (Å²) < 4.78 is 13.0. The molecule has 0 aliphatic heterocycles. The molecule has 1 heterocycles. The molecule has 0 fully saturated rings. The first kappa shape index (κ1) is 8.69. The van der Waals surface area contributed by atoms with Crippen LogP contribution in [0.2, 0.25) is 0 Å². The van der Waals surface area contributed by atoms with E-state index in [1.807, 2.05) is 0 Å². The van der Waals surface area contributed by atoms with Gasteiger partial charge in [-0.2, -0.15) is 0 Å². The molecule has 0 amide bonds. The minimum absolute atomic E-state index is 0.118. The van der Waals surface area contributed by atoms with Gasteiger partial charge in [-0.05, 0) is 19.1 Å². The molecule has 1 N–H and O–H groups in total. The lowest BCUT2D eigenvalue weighted by atomic mass is 10.0. The Morgan fingerprint density at radius 1 is 1.75 bits per heavy atom. The maximum Gasteiger partial charge on any atom is 0.167 e. The molecule has 0 radical (unpaired) electrons. The van der Waals surface area contributed by atoms with Gasteiger partial charge in [-0.3, -0.25) is 4.98 Å². The van der Waals surface area contributed by atoms with Crippen LogP contribution in [-0.2, 0) is 5.60 Å². The molecule has 3 heteroatoms. The van der Waals surface area contributed by atoms with E-state index in [0.29, 0.717) is 0 Å². The fourth-order valence-corrected chi connectivity index (χ4v) is 0.812. The van der Waals surface area contributed by atoms with E-state index < -0.39 is 11.4 Å². The summed E-state index contributed by atoms with van der Waals surface area (Å²) in [6, 6.07) is 2.64. The van der Waals surface area contributed by atoms with Gasteiger partial charge in [0.25, 0.3) is 0 Å². The summed E-state index contributed by atoms with van der Waals surface area (Å²) in [6.45, 7) is 1.32. The third kappa shape index (κ3) is 1.44. The van der Waals surface area contributed by atoms with Crippen molar-refractivity contribution in [1.29, 1.82) is 0 Å². The lowest BCUT2D eigenvalue weighted by molar-refractivity contribution is 0.112. The number of aromatic nitrogens is 1. The van der Waals surface area contributed by atoms with E-state index in [0.717, 1.165) is 0 Å². The lowest BCUT2D eigenvalue weighted by Crippen LogP contribution is -2.21. The molecule has 1 rings (SSSR count). The van der Waals surface area contributed by atoms with Gasteiger partial charge in [-0.15, -0.1) is 6.42 Å². The summed E-state index contributed by atoms with van der Waals surface area (Å²) in [5.41, 5.74) is -1.75. The first-order chi connectivity index (χ1) is 5.58. The molecule has 0 saturated carbocycles. The number of nitrogens with zero attached hydrogens (tertiary/aromatic N) is 1. The highest BCUT2D eigenvalue weighted by molar-refractivity contribution is 5.23. The number of terminal acetylenes is 1. The van der Waals surface area contributed by atoms with Crippen molar-refractivity contribution in [3.05, 3.63) is 29.8 Å². The number of hydrogen-bond acceptors (Lipinski definition) is 2. The fourth-order valence-electron chi connectivity index (χ4n) is 0.812. The maximum absolute atomic E-state index is 13.0. The maximum atomic E-state index is 13.0. The monoisotopic (exact) mass is 165 g/mol. The Morgan fingerprint density at radius 2 is 2.42 bits per heavy atom. The molecule has 0 saturated heterocycles. The van der Waals surface area contributed by atoms with Crippen LogP contribution in [0, 0.1) is 18.2 Å². The average molecular weight is 165 g/mol. The van der Waals surface area contributed by atoms with E-state index >= 15 is 0 Å². The highest BCUT2D eigenvalue weighted by Gasteiger charge is 2.24. The van der Waals surface area contributed by atoms with Crippen molar-refractivity contribution in [2.75, 3.05) is 0 Å². The van der Waals surface area contributed by atoms with Crippen LogP contribution in [0.25, 0.3) is 0 Å². The molecule has 1 unspecified atom stereocenters. The first-order valence-corrected chi connectivity index (χ1v) is 3.39. The zero-order valence-corrected chi connectivity index (χ0v) is 6.58. The lowest BCUT2D eigenvalue weighted by Gasteiger charge is -2.15. The van der Waals surface area contributed by atoms with E-state index in [2.05, 4.69) is 10.9 Å². The Morgan fingerprint density at radius 3 is 2.92 bits per heavy atom. The van der Waals surface area contributed by atoms with Crippen LogP contribution in [0.5, 0.6) is 0 Å². The van der Waals surface area contributed by atoms with Crippen LogP contribution < -0.4 is 0 Å². The second-order valence-corrected chi connectivity index (χ2v) is 2.55. The topological polar surface area (TPSA) is 33.1 Å². The molecule has 12 heavy (non-hydrogen) atoms. The number of aliphatic hydroxyl groups is 1. The molecule has 0 aliphatic carbocycles. The molecule has 0 aromatic carbocycles. The standard InChI is InChI=1S/C9H8FNO/c1-3-9(2,12)8-7(10)5-4-6-11-8/h1,4-6,12H,2H3. The van der Waals surface area contributed by atoms with Crippen molar-refractivity contribution in [3.63, 3.8) is 0 Å². The molecule has 1 atom stereocenters. The second-order valence-electron chi connectivity index (χ2n) is 2.55. The van der Waals surface area contributed by atoms with E-state index in [1.165, 1.54) is 25.3 Å². The normalized spacial score (nSPS) is 14.8. The van der Waals surface area contributed by atoms with Crippen molar-refractivity contribution < 1.29 is 9.50 Å². The summed E-state index contributed by atoms with van der Waals surface area (Å²) >= 11 is 0. The predicted octanol–water partition coefficient (Wildman–Crippen LogP) is 1.06. The molecule has 0 spiro atoms. The molecule has 0 aliphatic rings. The Hall–Kier alpha value is -1.40. The van der Waals surface area contributed by atoms with Gasteiger partial charge in [0.05, 0.1) is 0 Å². The Kier molecular flexibility index (Phi) is 2.11. The van der Waals surface area contributed by atoms with Gasteiger partial charge in [-0.1, -0.05) is 5.92 Å². The molecule has 1 aromatic rings. The molecular weight excluding hydrogens is 157 g/mol. The van der Waals surface area contributed by atoms with Crippen LogP contribution in [0.4, 0.5) is 4.39 Å². The molecule has 0 bridgehead atoms. The number of pyridine rings is 1. The van der Waals surface area contributed by atoms with E-state index in [-0.39, 0.29) is 5.69 Å². The molecular formula is C9H8FNO. The van der Waals surface area contributed by atoms with E-state index in [9.17, 15) is 9.50 Å². The van der Waals surface area contributed by atoms with E-state index in [1.54, 1.807) is 0 Å². The van der Waals surface area contributed by atoms with Crippen LogP contribution >= 0.6 is 0 Å². The highest BCUT2D eigenvalue weighted by atomic mass is 19.1. The molecule has 62 valence electrons. The summed E-state index contributed by atoms with van der Waals surface area (Å²) in [4.78, 5) is 3.65. The third-order valence-electron chi connectivity index (χ3n) is 1.50. The average Bonchev–Trinajstić information content (AvgIpc) is 2.05. The van der Waals surface area contributed by atoms with Gasteiger partial charge in [0.2, 0.25) is 0 Å². The van der Waals surface area contributed by atoms with Crippen LogP contribution in [0.15, 0.2) is 18.3 Å². The largest absolute Gasteiger partial charge is 0.372 e. The minimum Gasteiger partial charge on any atom is -0.372 e. The zero-order chi connectivity index (χ0) is 9.19. The van der Waals surface area contributed by atoms with E-state index in [4.69, 9.17) is 6.42 Å². The summed E-state index contributed by atoms with van der Waals surface area (Å²) in [5.74, 6) is 1.45. The molecule has 2 nitrogen and oxygen atoms in total. The summed E-state index contributed by atoms with van der Waals surface area (Å²) in [7, 11) is 0. The van der Waals surface area contributed by atoms with Crippen LogP contribution in [0.1, 0.15) is 12.6 Å². The van der Waals surface area contributed by atoms with Crippen molar-refractivity contribution in [3.8, 4) is 12.3 Å². The second kappa shape index (κ2) is 2.92. The Bertz CT molecular complexity index is 328. The van der Waals surface area contributed by atoms with Gasteiger partial charge >= 0.3 is 0 Å². The number of halogens is 1. The first-order valence-electron chi connectivity index (χ1n) is 3.39. The van der Waals surface area contributed by atoms with Gasteiger partial charge in [0, 0.05) is 6.20 Å². The SMILES string of the molecule is C#CC(C)(O)c1ncccc1F.